The van der Waals surface area contributed by atoms with E-state index in [0.717, 1.165) is 30.9 Å². The van der Waals surface area contributed by atoms with Gasteiger partial charge in [0.25, 0.3) is 5.91 Å². The number of halogens is 1. The molecule has 4 nitrogen and oxygen atoms in total. The zero-order valence-corrected chi connectivity index (χ0v) is 14.3. The van der Waals surface area contributed by atoms with Crippen molar-refractivity contribution >= 4 is 23.3 Å². The molecule has 0 spiro atoms. The van der Waals surface area contributed by atoms with Crippen molar-refractivity contribution in [3.63, 3.8) is 0 Å². The van der Waals surface area contributed by atoms with Gasteiger partial charge < -0.3 is 10.2 Å². The van der Waals surface area contributed by atoms with Crippen LogP contribution in [0.1, 0.15) is 29.8 Å². The number of hydrogen-bond donors (Lipinski definition) is 1. The van der Waals surface area contributed by atoms with Crippen LogP contribution in [0.25, 0.3) is 0 Å². The van der Waals surface area contributed by atoms with Crippen molar-refractivity contribution in [3.05, 3.63) is 58.7 Å². The number of carbonyl (C=O) groups is 1. The van der Waals surface area contributed by atoms with Crippen molar-refractivity contribution in [3.8, 4) is 0 Å². The molecule has 0 aliphatic carbocycles. The number of nitrogens with zero attached hydrogens (tertiary/aromatic N) is 2. The highest BCUT2D eigenvalue weighted by Gasteiger charge is 2.08. The van der Waals surface area contributed by atoms with Crippen LogP contribution in [0.4, 0.5) is 5.82 Å². The van der Waals surface area contributed by atoms with E-state index in [-0.39, 0.29) is 5.91 Å². The first-order valence-corrected chi connectivity index (χ1v) is 8.25. The maximum absolute atomic E-state index is 12.1. The molecular formula is C18H22ClN3O. The van der Waals surface area contributed by atoms with Crippen LogP contribution in [-0.4, -0.2) is 30.5 Å². The van der Waals surface area contributed by atoms with Crippen LogP contribution in [0.15, 0.2) is 42.6 Å². The van der Waals surface area contributed by atoms with Crippen molar-refractivity contribution in [2.75, 3.05) is 24.5 Å². The summed E-state index contributed by atoms with van der Waals surface area (Å²) < 4.78 is 0. The first-order chi connectivity index (χ1) is 11.1. The van der Waals surface area contributed by atoms with E-state index in [1.807, 2.05) is 36.4 Å². The summed E-state index contributed by atoms with van der Waals surface area (Å²) in [6.45, 7) is 6.53. The lowest BCUT2D eigenvalue weighted by molar-refractivity contribution is 0.0954. The molecule has 0 saturated carbocycles. The Morgan fingerprint density at radius 3 is 2.61 bits per heavy atom. The molecule has 5 heteroatoms. The minimum atomic E-state index is -0.106. The van der Waals surface area contributed by atoms with Gasteiger partial charge in [-0.3, -0.25) is 4.79 Å². The highest BCUT2D eigenvalue weighted by Crippen LogP contribution is 2.12. The summed E-state index contributed by atoms with van der Waals surface area (Å²) in [5, 5.41) is 3.62. The van der Waals surface area contributed by atoms with E-state index in [1.165, 1.54) is 0 Å². The Hall–Kier alpha value is -2.07. The van der Waals surface area contributed by atoms with Crippen LogP contribution in [-0.2, 0) is 6.42 Å². The SMILES string of the molecule is CCN(CC)c1ccc(C(=O)NCCc2cccc(Cl)c2)cn1. The Morgan fingerprint density at radius 2 is 2.00 bits per heavy atom. The molecule has 2 rings (SSSR count). The fourth-order valence-electron chi connectivity index (χ4n) is 2.37. The lowest BCUT2D eigenvalue weighted by Crippen LogP contribution is -2.26. The van der Waals surface area contributed by atoms with Crippen LogP contribution in [0, 0.1) is 0 Å². The second-order valence-electron chi connectivity index (χ2n) is 5.21. The third kappa shape index (κ3) is 4.96. The van der Waals surface area contributed by atoms with Crippen LogP contribution >= 0.6 is 11.6 Å². The van der Waals surface area contributed by atoms with Gasteiger partial charge in [0.1, 0.15) is 5.82 Å². The van der Waals surface area contributed by atoms with Crippen LogP contribution in [0.5, 0.6) is 0 Å². The first-order valence-electron chi connectivity index (χ1n) is 7.87. The Balaban J connectivity index is 1.88. The second kappa shape index (κ2) is 8.53. The Bertz CT molecular complexity index is 639. The third-order valence-corrected chi connectivity index (χ3v) is 3.92. The Kier molecular flexibility index (Phi) is 6.41. The fourth-order valence-corrected chi connectivity index (χ4v) is 2.58. The van der Waals surface area contributed by atoms with Crippen molar-refractivity contribution in [1.82, 2.24) is 10.3 Å². The number of anilines is 1. The van der Waals surface area contributed by atoms with Crippen LogP contribution in [0.2, 0.25) is 5.02 Å². The number of amides is 1. The third-order valence-electron chi connectivity index (χ3n) is 3.69. The zero-order valence-electron chi connectivity index (χ0n) is 13.6. The first kappa shape index (κ1) is 17.3. The monoisotopic (exact) mass is 331 g/mol. The van der Waals surface area contributed by atoms with Gasteiger partial charge in [-0.2, -0.15) is 0 Å². The molecule has 0 radical (unpaired) electrons. The van der Waals surface area contributed by atoms with E-state index >= 15 is 0 Å². The molecule has 1 aromatic carbocycles. The summed E-state index contributed by atoms with van der Waals surface area (Å²) in [4.78, 5) is 18.6. The molecule has 0 bridgehead atoms. The quantitative estimate of drug-likeness (QED) is 0.843. The number of nitrogens with one attached hydrogen (secondary N) is 1. The van der Waals surface area contributed by atoms with Crippen molar-refractivity contribution in [1.29, 1.82) is 0 Å². The molecule has 1 aromatic heterocycles. The van der Waals surface area contributed by atoms with Gasteiger partial charge in [-0.05, 0) is 50.1 Å². The van der Waals surface area contributed by atoms with E-state index in [4.69, 9.17) is 11.6 Å². The highest BCUT2D eigenvalue weighted by molar-refractivity contribution is 6.30. The number of pyridine rings is 1. The van der Waals surface area contributed by atoms with Gasteiger partial charge in [0.05, 0.1) is 5.56 Å². The summed E-state index contributed by atoms with van der Waals surface area (Å²) in [6.07, 6.45) is 2.37. The van der Waals surface area contributed by atoms with Gasteiger partial charge >= 0.3 is 0 Å². The fraction of sp³-hybridized carbons (Fsp3) is 0.333. The molecule has 0 atom stereocenters. The summed E-state index contributed by atoms with van der Waals surface area (Å²) in [7, 11) is 0. The lowest BCUT2D eigenvalue weighted by atomic mass is 10.1. The molecule has 0 unspecified atom stereocenters. The summed E-state index contributed by atoms with van der Waals surface area (Å²) >= 11 is 5.95. The smallest absolute Gasteiger partial charge is 0.252 e. The highest BCUT2D eigenvalue weighted by atomic mass is 35.5. The minimum Gasteiger partial charge on any atom is -0.357 e. The largest absolute Gasteiger partial charge is 0.357 e. The Morgan fingerprint density at radius 1 is 1.22 bits per heavy atom. The van der Waals surface area contributed by atoms with Crippen molar-refractivity contribution in [2.24, 2.45) is 0 Å². The molecular weight excluding hydrogens is 310 g/mol. The second-order valence-corrected chi connectivity index (χ2v) is 5.65. The predicted octanol–water partition coefficient (Wildman–Crippen LogP) is 3.55. The average Bonchev–Trinajstić information content (AvgIpc) is 2.56. The number of carbonyl (C=O) groups excluding carboxylic acids is 1. The molecule has 0 aliphatic heterocycles. The molecule has 1 heterocycles. The van der Waals surface area contributed by atoms with Gasteiger partial charge in [-0.1, -0.05) is 23.7 Å². The summed E-state index contributed by atoms with van der Waals surface area (Å²) in [5.74, 6) is 0.788. The molecule has 23 heavy (non-hydrogen) atoms. The topological polar surface area (TPSA) is 45.2 Å². The molecule has 122 valence electrons. The predicted molar refractivity (Wildman–Crippen MR) is 95.3 cm³/mol. The summed E-state index contributed by atoms with van der Waals surface area (Å²) in [5.41, 5.74) is 1.68. The molecule has 0 aliphatic rings. The zero-order chi connectivity index (χ0) is 16.7. The van der Waals surface area contributed by atoms with E-state index in [0.29, 0.717) is 17.1 Å². The number of rotatable bonds is 7. The Labute approximate surface area is 142 Å². The van der Waals surface area contributed by atoms with Gasteiger partial charge in [-0.25, -0.2) is 4.98 Å². The molecule has 1 N–H and O–H groups in total. The molecule has 1 amide bonds. The average molecular weight is 332 g/mol. The van der Waals surface area contributed by atoms with Gasteiger partial charge in [0.15, 0.2) is 0 Å². The van der Waals surface area contributed by atoms with E-state index in [2.05, 4.69) is 29.0 Å². The normalized spacial score (nSPS) is 10.4. The van der Waals surface area contributed by atoms with E-state index in [1.54, 1.807) is 6.20 Å². The molecule has 0 saturated heterocycles. The molecule has 2 aromatic rings. The van der Waals surface area contributed by atoms with Gasteiger partial charge in [0, 0.05) is 30.9 Å². The van der Waals surface area contributed by atoms with Crippen molar-refractivity contribution < 1.29 is 4.79 Å². The van der Waals surface area contributed by atoms with Gasteiger partial charge in [-0.15, -0.1) is 0 Å². The van der Waals surface area contributed by atoms with Crippen LogP contribution in [0.3, 0.4) is 0 Å². The maximum Gasteiger partial charge on any atom is 0.252 e. The van der Waals surface area contributed by atoms with Crippen LogP contribution < -0.4 is 10.2 Å². The van der Waals surface area contributed by atoms with E-state index in [9.17, 15) is 4.79 Å². The number of aromatic nitrogens is 1. The van der Waals surface area contributed by atoms with Gasteiger partial charge in [0.2, 0.25) is 0 Å². The van der Waals surface area contributed by atoms with E-state index < -0.39 is 0 Å². The standard InChI is InChI=1S/C18H22ClN3O/c1-3-22(4-2)17-9-8-15(13-21-17)18(23)20-11-10-14-6-5-7-16(19)12-14/h5-9,12-13H,3-4,10-11H2,1-2H3,(H,20,23). The minimum absolute atomic E-state index is 0.106. The number of hydrogen-bond acceptors (Lipinski definition) is 3. The molecule has 0 fully saturated rings. The summed E-state index contributed by atoms with van der Waals surface area (Å²) in [6, 6.07) is 11.4. The maximum atomic E-state index is 12.1. The number of benzene rings is 1. The van der Waals surface area contributed by atoms with Crippen molar-refractivity contribution in [2.45, 2.75) is 20.3 Å². The lowest BCUT2D eigenvalue weighted by Gasteiger charge is -2.19.